The van der Waals surface area contributed by atoms with Gasteiger partial charge in [-0.1, -0.05) is 0 Å². The predicted octanol–water partition coefficient (Wildman–Crippen LogP) is 1.54. The SMILES string of the molecule is NC(=O)[C@]12C[C@H]1CCN2c1ccc2c(c1)OCCn1cc(N3C(=C=O)OC[C@H]3C(F)F)nc1-2. The Balaban J connectivity index is 1.38. The number of ether oxygens (including phenoxy) is 2. The standard InChI is InChI=1S/C22H21F2N5O4/c23-19(24)15-11-33-18(10-30)29(15)17-9-27-5-6-32-16-7-13(1-2-14(16)20(27)26-17)28-4-3-12-8-22(12,28)21(25)31/h1-2,7,9,12,15,19H,3-6,8,11H2,(H2,25,31)/t12-,15+,22+/m1/s1. The number of alkyl halides is 2. The number of anilines is 2. The summed E-state index contributed by atoms with van der Waals surface area (Å²) in [5.41, 5.74) is 6.65. The Bertz CT molecular complexity index is 1210. The van der Waals surface area contributed by atoms with Crippen molar-refractivity contribution in [2.24, 2.45) is 11.7 Å². The molecule has 0 unspecified atom stereocenters. The molecule has 1 amide bonds. The molecular weight excluding hydrogens is 436 g/mol. The summed E-state index contributed by atoms with van der Waals surface area (Å²) in [5.74, 6) is 2.58. The molecule has 2 saturated heterocycles. The second-order valence-corrected chi connectivity index (χ2v) is 8.76. The van der Waals surface area contributed by atoms with Crippen molar-refractivity contribution in [1.29, 1.82) is 0 Å². The molecule has 0 spiro atoms. The van der Waals surface area contributed by atoms with Gasteiger partial charge in [-0.2, -0.15) is 0 Å². The lowest BCUT2D eigenvalue weighted by atomic mass is 10.1. The van der Waals surface area contributed by atoms with Gasteiger partial charge in [-0.3, -0.25) is 9.69 Å². The molecule has 4 aliphatic rings. The quantitative estimate of drug-likeness (QED) is 0.695. The Morgan fingerprint density at radius 3 is 2.88 bits per heavy atom. The van der Waals surface area contributed by atoms with E-state index in [9.17, 15) is 18.4 Å². The Hall–Kier alpha value is -3.59. The second kappa shape index (κ2) is 6.95. The van der Waals surface area contributed by atoms with Gasteiger partial charge in [0.2, 0.25) is 5.91 Å². The highest BCUT2D eigenvalue weighted by molar-refractivity contribution is 5.94. The van der Waals surface area contributed by atoms with Crippen molar-refractivity contribution in [3.05, 3.63) is 30.3 Å². The lowest BCUT2D eigenvalue weighted by molar-refractivity contribution is -0.120. The van der Waals surface area contributed by atoms with Gasteiger partial charge in [0.1, 0.15) is 36.4 Å². The number of halogens is 2. The van der Waals surface area contributed by atoms with Crippen LogP contribution in [0.3, 0.4) is 0 Å². The minimum Gasteiger partial charge on any atom is -0.491 e. The third-order valence-electron chi connectivity index (χ3n) is 7.12. The van der Waals surface area contributed by atoms with Crippen molar-refractivity contribution < 1.29 is 27.8 Å². The molecular formula is C22H21F2N5O4. The van der Waals surface area contributed by atoms with Crippen molar-refractivity contribution in [1.82, 2.24) is 9.55 Å². The maximum absolute atomic E-state index is 13.5. The topological polar surface area (TPSA) is 103 Å². The number of imidazole rings is 1. The number of hydrogen-bond donors (Lipinski definition) is 1. The van der Waals surface area contributed by atoms with Crippen LogP contribution in [0, 0.1) is 5.92 Å². The Morgan fingerprint density at radius 1 is 1.30 bits per heavy atom. The van der Waals surface area contributed by atoms with E-state index in [1.807, 2.05) is 22.8 Å². The number of nitrogens with two attached hydrogens (primary N) is 1. The van der Waals surface area contributed by atoms with Gasteiger partial charge in [-0.25, -0.2) is 18.6 Å². The first-order valence-electron chi connectivity index (χ1n) is 10.8. The Kier molecular flexibility index (Phi) is 4.22. The minimum atomic E-state index is -2.72. The van der Waals surface area contributed by atoms with Crippen LogP contribution in [0.25, 0.3) is 11.4 Å². The molecule has 4 heterocycles. The molecule has 11 heteroatoms. The number of fused-ring (bicyclic) bond motifs is 4. The second-order valence-electron chi connectivity index (χ2n) is 8.76. The molecule has 1 saturated carbocycles. The third kappa shape index (κ3) is 2.78. The van der Waals surface area contributed by atoms with E-state index in [1.165, 1.54) is 0 Å². The molecule has 2 aromatic rings. The van der Waals surface area contributed by atoms with E-state index in [-0.39, 0.29) is 24.2 Å². The van der Waals surface area contributed by atoms with E-state index < -0.39 is 18.0 Å². The van der Waals surface area contributed by atoms with Crippen LogP contribution in [-0.2, 0) is 20.9 Å². The van der Waals surface area contributed by atoms with E-state index in [4.69, 9.17) is 15.2 Å². The zero-order valence-electron chi connectivity index (χ0n) is 17.5. The van der Waals surface area contributed by atoms with Crippen molar-refractivity contribution in [2.75, 3.05) is 29.6 Å². The zero-order valence-corrected chi connectivity index (χ0v) is 17.5. The van der Waals surface area contributed by atoms with Crippen LogP contribution in [0.15, 0.2) is 30.3 Å². The number of nitrogens with zero attached hydrogens (tertiary/aromatic N) is 4. The first kappa shape index (κ1) is 20.0. The first-order valence-corrected chi connectivity index (χ1v) is 10.8. The smallest absolute Gasteiger partial charge is 0.284 e. The van der Waals surface area contributed by atoms with Gasteiger partial charge in [0.25, 0.3) is 12.3 Å². The highest BCUT2D eigenvalue weighted by Gasteiger charge is 2.66. The number of carbonyl (C=O) groups is 1. The molecule has 3 atom stereocenters. The molecule has 0 bridgehead atoms. The fourth-order valence-corrected chi connectivity index (χ4v) is 5.40. The average Bonchev–Trinajstić information content (AvgIpc) is 3.10. The molecule has 33 heavy (non-hydrogen) atoms. The lowest BCUT2D eigenvalue weighted by Crippen LogP contribution is -2.45. The first-order chi connectivity index (χ1) is 15.9. The zero-order chi connectivity index (χ0) is 22.9. The number of benzene rings is 1. The molecule has 3 fully saturated rings. The summed E-state index contributed by atoms with van der Waals surface area (Å²) in [4.78, 5) is 31.1. The molecule has 2 N–H and O–H groups in total. The summed E-state index contributed by atoms with van der Waals surface area (Å²) in [5, 5.41) is 0. The molecule has 1 aromatic heterocycles. The molecule has 172 valence electrons. The van der Waals surface area contributed by atoms with Crippen LogP contribution in [-0.4, -0.2) is 59.2 Å². The molecule has 1 aliphatic carbocycles. The summed E-state index contributed by atoms with van der Waals surface area (Å²) in [6, 6.07) is 4.31. The summed E-state index contributed by atoms with van der Waals surface area (Å²) < 4.78 is 39.9. The van der Waals surface area contributed by atoms with E-state index in [0.29, 0.717) is 36.2 Å². The van der Waals surface area contributed by atoms with Gasteiger partial charge >= 0.3 is 0 Å². The van der Waals surface area contributed by atoms with Gasteiger partial charge in [0.05, 0.1) is 12.1 Å². The number of amides is 1. The van der Waals surface area contributed by atoms with Crippen LogP contribution < -0.4 is 20.3 Å². The fourth-order valence-electron chi connectivity index (χ4n) is 5.40. The van der Waals surface area contributed by atoms with Crippen molar-refractivity contribution in [3.8, 4) is 17.1 Å². The Morgan fingerprint density at radius 2 is 2.15 bits per heavy atom. The van der Waals surface area contributed by atoms with E-state index in [2.05, 4.69) is 9.88 Å². The maximum Gasteiger partial charge on any atom is 0.284 e. The highest BCUT2D eigenvalue weighted by atomic mass is 19.3. The summed E-state index contributed by atoms with van der Waals surface area (Å²) in [6.45, 7) is 1.22. The van der Waals surface area contributed by atoms with Gasteiger partial charge in [-0.15, -0.1) is 0 Å². The minimum absolute atomic E-state index is 0.191. The van der Waals surface area contributed by atoms with Gasteiger partial charge in [0, 0.05) is 24.5 Å². The third-order valence-corrected chi connectivity index (χ3v) is 7.12. The summed E-state index contributed by atoms with van der Waals surface area (Å²) in [7, 11) is 0. The van der Waals surface area contributed by atoms with E-state index in [0.717, 1.165) is 30.0 Å². The number of carbonyl (C=O) groups excluding carboxylic acids is 2. The van der Waals surface area contributed by atoms with E-state index >= 15 is 0 Å². The van der Waals surface area contributed by atoms with Crippen molar-refractivity contribution in [3.63, 3.8) is 0 Å². The predicted molar refractivity (Wildman–Crippen MR) is 113 cm³/mol. The van der Waals surface area contributed by atoms with E-state index in [1.54, 1.807) is 12.1 Å². The van der Waals surface area contributed by atoms with Gasteiger partial charge < -0.3 is 24.7 Å². The molecule has 6 rings (SSSR count). The maximum atomic E-state index is 13.5. The molecule has 3 aliphatic heterocycles. The van der Waals surface area contributed by atoms with Crippen LogP contribution in [0.5, 0.6) is 5.75 Å². The largest absolute Gasteiger partial charge is 0.491 e. The van der Waals surface area contributed by atoms with Crippen LogP contribution in [0.4, 0.5) is 20.3 Å². The number of hydrogen-bond acceptors (Lipinski definition) is 7. The van der Waals surface area contributed by atoms with Crippen LogP contribution in [0.1, 0.15) is 12.8 Å². The Labute approximate surface area is 187 Å². The molecule has 1 aromatic carbocycles. The van der Waals surface area contributed by atoms with Gasteiger partial charge in [-0.05, 0) is 30.9 Å². The number of primary amides is 1. The number of aromatic nitrogens is 2. The average molecular weight is 457 g/mol. The summed E-state index contributed by atoms with van der Waals surface area (Å²) in [6.07, 6.45) is 0.578. The molecule has 0 radical (unpaired) electrons. The lowest BCUT2D eigenvalue weighted by Gasteiger charge is -2.28. The number of piperidine rings is 1. The van der Waals surface area contributed by atoms with Crippen molar-refractivity contribution in [2.45, 2.75) is 37.4 Å². The fraction of sp³-hybridized carbons (Fsp3) is 0.455. The monoisotopic (exact) mass is 457 g/mol. The molecule has 9 nitrogen and oxygen atoms in total. The number of rotatable bonds is 4. The highest BCUT2D eigenvalue weighted by Crippen LogP contribution is 2.57. The summed E-state index contributed by atoms with van der Waals surface area (Å²) >= 11 is 0. The van der Waals surface area contributed by atoms with Gasteiger partial charge in [0.15, 0.2) is 11.8 Å². The van der Waals surface area contributed by atoms with Crippen LogP contribution >= 0.6 is 0 Å². The van der Waals surface area contributed by atoms with Crippen LogP contribution in [0.2, 0.25) is 0 Å². The van der Waals surface area contributed by atoms with Crippen molar-refractivity contribution >= 4 is 23.4 Å². The normalized spacial score (nSPS) is 27.3.